The standard InChI is InChI=1S/C15H16F2N2O4S2/c1-8-5-11(25(18,21)22)6-12(9(8)2)19-14(20)13-4-3-10(23-13)7-24-15(16)17/h3-6,15H,7H2,1-2H3,(H,19,20)(H2,18,21,22). The van der Waals surface area contributed by atoms with E-state index < -0.39 is 21.7 Å². The Morgan fingerprint density at radius 1 is 1.32 bits per heavy atom. The van der Waals surface area contributed by atoms with Crippen LogP contribution in [-0.4, -0.2) is 20.1 Å². The summed E-state index contributed by atoms with van der Waals surface area (Å²) in [6.45, 7) is 3.40. The zero-order valence-electron chi connectivity index (χ0n) is 13.4. The van der Waals surface area contributed by atoms with Crippen molar-refractivity contribution >= 4 is 33.4 Å². The van der Waals surface area contributed by atoms with E-state index in [0.29, 0.717) is 22.9 Å². The third-order valence-electron chi connectivity index (χ3n) is 3.45. The van der Waals surface area contributed by atoms with Gasteiger partial charge in [0, 0.05) is 5.69 Å². The molecule has 1 aromatic carbocycles. The van der Waals surface area contributed by atoms with Crippen molar-refractivity contribution in [1.82, 2.24) is 0 Å². The van der Waals surface area contributed by atoms with Crippen LogP contribution in [-0.2, 0) is 15.8 Å². The van der Waals surface area contributed by atoms with Crippen LogP contribution in [0.2, 0.25) is 0 Å². The van der Waals surface area contributed by atoms with E-state index in [2.05, 4.69) is 5.32 Å². The summed E-state index contributed by atoms with van der Waals surface area (Å²) in [5, 5.41) is 7.68. The van der Waals surface area contributed by atoms with Crippen LogP contribution in [0.25, 0.3) is 0 Å². The van der Waals surface area contributed by atoms with Gasteiger partial charge in [-0.15, -0.1) is 0 Å². The summed E-state index contributed by atoms with van der Waals surface area (Å²) in [5.74, 6) is -3.05. The molecule has 136 valence electrons. The smallest absolute Gasteiger partial charge is 0.291 e. The van der Waals surface area contributed by atoms with E-state index in [1.807, 2.05) is 0 Å². The Labute approximate surface area is 147 Å². The Hall–Kier alpha value is -1.91. The number of anilines is 1. The number of carbonyl (C=O) groups excluding carboxylic acids is 1. The molecule has 6 nitrogen and oxygen atoms in total. The third-order valence-corrected chi connectivity index (χ3v) is 5.05. The van der Waals surface area contributed by atoms with E-state index >= 15 is 0 Å². The van der Waals surface area contributed by atoms with Crippen molar-refractivity contribution in [1.29, 1.82) is 0 Å². The van der Waals surface area contributed by atoms with Crippen molar-refractivity contribution in [2.24, 2.45) is 5.14 Å². The van der Waals surface area contributed by atoms with Gasteiger partial charge in [0.15, 0.2) is 5.76 Å². The molecule has 25 heavy (non-hydrogen) atoms. The fourth-order valence-corrected chi connectivity index (χ4v) is 3.10. The molecule has 1 amide bonds. The molecule has 0 spiro atoms. The lowest BCUT2D eigenvalue weighted by Crippen LogP contribution is -2.16. The Bertz CT molecular complexity index is 895. The molecule has 0 atom stereocenters. The average molecular weight is 390 g/mol. The number of carbonyl (C=O) groups is 1. The number of nitrogens with one attached hydrogen (secondary N) is 1. The van der Waals surface area contributed by atoms with Gasteiger partial charge in [-0.2, -0.15) is 8.78 Å². The molecule has 0 saturated carbocycles. The third kappa shape index (κ3) is 5.03. The van der Waals surface area contributed by atoms with Crippen molar-refractivity contribution in [3.8, 4) is 0 Å². The first-order chi connectivity index (χ1) is 11.6. The molecule has 10 heteroatoms. The predicted octanol–water partition coefficient (Wildman–Crippen LogP) is 3.25. The first-order valence-corrected chi connectivity index (χ1v) is 9.61. The lowest BCUT2D eigenvalue weighted by atomic mass is 10.1. The first kappa shape index (κ1) is 19.4. The van der Waals surface area contributed by atoms with Gasteiger partial charge < -0.3 is 9.73 Å². The SMILES string of the molecule is Cc1cc(S(N)(=O)=O)cc(NC(=O)c2ccc(CSC(F)F)o2)c1C. The summed E-state index contributed by atoms with van der Waals surface area (Å²) in [7, 11) is -3.92. The lowest BCUT2D eigenvalue weighted by molar-refractivity contribution is 0.0995. The topological polar surface area (TPSA) is 102 Å². The zero-order chi connectivity index (χ0) is 18.8. The Morgan fingerprint density at radius 2 is 2.00 bits per heavy atom. The van der Waals surface area contributed by atoms with E-state index in [4.69, 9.17) is 9.56 Å². The highest BCUT2D eigenvalue weighted by molar-refractivity contribution is 7.98. The molecular weight excluding hydrogens is 374 g/mol. The van der Waals surface area contributed by atoms with Crippen LogP contribution in [0.3, 0.4) is 0 Å². The zero-order valence-corrected chi connectivity index (χ0v) is 15.0. The van der Waals surface area contributed by atoms with Crippen LogP contribution < -0.4 is 10.5 Å². The van der Waals surface area contributed by atoms with E-state index in [0.717, 1.165) is 0 Å². The normalized spacial score (nSPS) is 11.8. The number of furan rings is 1. The maximum Gasteiger partial charge on any atom is 0.291 e. The minimum atomic E-state index is -3.92. The number of hydrogen-bond donors (Lipinski definition) is 2. The summed E-state index contributed by atoms with van der Waals surface area (Å²) in [4.78, 5) is 12.1. The van der Waals surface area contributed by atoms with Crippen molar-refractivity contribution < 1.29 is 26.4 Å². The number of aryl methyl sites for hydroxylation is 1. The summed E-state index contributed by atoms with van der Waals surface area (Å²) in [6.07, 6.45) is 0. The molecule has 2 rings (SSSR count). The molecule has 1 heterocycles. The molecule has 0 aliphatic carbocycles. The summed E-state index contributed by atoms with van der Waals surface area (Å²) < 4.78 is 52.6. The van der Waals surface area contributed by atoms with Crippen molar-refractivity contribution in [3.05, 3.63) is 46.9 Å². The van der Waals surface area contributed by atoms with Crippen LogP contribution in [0.15, 0.2) is 33.6 Å². The molecule has 0 fully saturated rings. The average Bonchev–Trinajstić information content (AvgIpc) is 2.97. The predicted molar refractivity (Wildman–Crippen MR) is 91.2 cm³/mol. The quantitative estimate of drug-likeness (QED) is 0.788. The Kier molecular flexibility index (Phi) is 5.86. The van der Waals surface area contributed by atoms with E-state index in [9.17, 15) is 22.0 Å². The minimum Gasteiger partial charge on any atom is -0.455 e. The number of primary sulfonamides is 1. The van der Waals surface area contributed by atoms with Gasteiger partial charge >= 0.3 is 0 Å². The van der Waals surface area contributed by atoms with Crippen molar-refractivity contribution in [2.75, 3.05) is 5.32 Å². The Morgan fingerprint density at radius 3 is 2.60 bits per heavy atom. The van der Waals surface area contributed by atoms with Gasteiger partial charge in [-0.25, -0.2) is 13.6 Å². The fourth-order valence-electron chi connectivity index (χ4n) is 2.03. The van der Waals surface area contributed by atoms with E-state index in [1.54, 1.807) is 13.8 Å². The van der Waals surface area contributed by atoms with Crippen molar-refractivity contribution in [3.63, 3.8) is 0 Å². The fraction of sp³-hybridized carbons (Fsp3) is 0.267. The summed E-state index contributed by atoms with van der Waals surface area (Å²) in [6, 6.07) is 5.46. The van der Waals surface area contributed by atoms with Gasteiger partial charge in [-0.1, -0.05) is 11.8 Å². The first-order valence-electron chi connectivity index (χ1n) is 7.02. The second-order valence-electron chi connectivity index (χ2n) is 5.25. The molecule has 0 bridgehead atoms. The highest BCUT2D eigenvalue weighted by atomic mass is 32.2. The van der Waals surface area contributed by atoms with Crippen LogP contribution in [0, 0.1) is 13.8 Å². The Balaban J connectivity index is 2.22. The molecule has 0 aliphatic heterocycles. The van der Waals surface area contributed by atoms with Gasteiger partial charge in [0.05, 0.1) is 10.6 Å². The number of benzene rings is 1. The number of sulfonamides is 1. The monoisotopic (exact) mass is 390 g/mol. The number of amides is 1. The number of nitrogens with two attached hydrogens (primary N) is 1. The van der Waals surface area contributed by atoms with Gasteiger partial charge in [0.2, 0.25) is 10.0 Å². The van der Waals surface area contributed by atoms with Crippen LogP contribution in [0.5, 0.6) is 0 Å². The van der Waals surface area contributed by atoms with Gasteiger partial charge in [-0.3, -0.25) is 4.79 Å². The van der Waals surface area contributed by atoms with Gasteiger partial charge in [0.1, 0.15) is 5.76 Å². The number of alkyl halides is 2. The molecule has 0 unspecified atom stereocenters. The number of halogens is 2. The molecule has 3 N–H and O–H groups in total. The maximum absolute atomic E-state index is 12.2. The maximum atomic E-state index is 12.2. The van der Waals surface area contributed by atoms with E-state index in [1.165, 1.54) is 24.3 Å². The highest BCUT2D eigenvalue weighted by Crippen LogP contribution is 2.25. The van der Waals surface area contributed by atoms with Gasteiger partial charge in [0.25, 0.3) is 11.7 Å². The second-order valence-corrected chi connectivity index (χ2v) is 7.79. The number of rotatable bonds is 6. The summed E-state index contributed by atoms with van der Waals surface area (Å²) >= 11 is 0.383. The summed E-state index contributed by atoms with van der Waals surface area (Å²) in [5.41, 5.74) is 1.57. The van der Waals surface area contributed by atoms with Crippen LogP contribution in [0.4, 0.5) is 14.5 Å². The van der Waals surface area contributed by atoms with Gasteiger partial charge in [-0.05, 0) is 49.2 Å². The van der Waals surface area contributed by atoms with E-state index in [-0.39, 0.29) is 27.9 Å². The number of thioether (sulfide) groups is 1. The molecular formula is C15H16F2N2O4S2. The molecule has 2 aromatic rings. The van der Waals surface area contributed by atoms with Crippen LogP contribution in [0.1, 0.15) is 27.4 Å². The molecule has 0 saturated heterocycles. The largest absolute Gasteiger partial charge is 0.455 e. The highest BCUT2D eigenvalue weighted by Gasteiger charge is 2.17. The minimum absolute atomic E-state index is 0.0655. The molecule has 0 aliphatic rings. The lowest BCUT2D eigenvalue weighted by Gasteiger charge is -2.12. The second kappa shape index (κ2) is 7.54. The number of hydrogen-bond acceptors (Lipinski definition) is 5. The molecule has 0 radical (unpaired) electrons. The van der Waals surface area contributed by atoms with Crippen molar-refractivity contribution in [2.45, 2.75) is 30.3 Å². The molecule has 1 aromatic heterocycles. The van der Waals surface area contributed by atoms with Crippen LogP contribution >= 0.6 is 11.8 Å².